The third-order valence-corrected chi connectivity index (χ3v) is 4.62. The minimum Gasteiger partial charge on any atom is -0.447 e. The molecule has 6 nitrogen and oxygen atoms in total. The summed E-state index contributed by atoms with van der Waals surface area (Å²) < 4.78 is 30.1. The van der Waals surface area contributed by atoms with Crippen LogP contribution in [-0.2, 0) is 16.6 Å². The molecule has 1 aromatic heterocycles. The smallest absolute Gasteiger partial charge is 0.275 e. The van der Waals surface area contributed by atoms with Crippen molar-refractivity contribution in [2.24, 2.45) is 0 Å². The number of unbranched alkanes of at least 4 members (excludes halogenated alkanes) is 3. The van der Waals surface area contributed by atoms with E-state index in [1.807, 2.05) is 0 Å². The molecule has 0 unspecified atom stereocenters. The van der Waals surface area contributed by atoms with E-state index >= 15 is 0 Å². The normalized spacial score (nSPS) is 12.2. The summed E-state index contributed by atoms with van der Waals surface area (Å²) in [6.07, 6.45) is 3.99. The predicted octanol–water partition coefficient (Wildman–Crippen LogP) is 1.17. The molecule has 116 valence electrons. The third kappa shape index (κ3) is 5.24. The number of hydrogen-bond donors (Lipinski definition) is 2. The van der Waals surface area contributed by atoms with Crippen molar-refractivity contribution >= 4 is 10.0 Å². The Bertz CT molecular complexity index is 482. The quantitative estimate of drug-likeness (QED) is 0.634. The molecule has 7 heteroatoms. The third-order valence-electron chi connectivity index (χ3n) is 2.93. The maximum atomic E-state index is 11.8. The van der Waals surface area contributed by atoms with E-state index in [0.29, 0.717) is 12.3 Å². The number of nitrogens with one attached hydrogen (secondary N) is 1. The summed E-state index contributed by atoms with van der Waals surface area (Å²) in [4.78, 5) is 0. The van der Waals surface area contributed by atoms with Crippen LogP contribution in [0, 0.1) is 0 Å². The fourth-order valence-electron chi connectivity index (χ4n) is 1.70. The molecule has 1 heterocycles. The van der Waals surface area contributed by atoms with Crippen LogP contribution in [0.2, 0.25) is 0 Å². The van der Waals surface area contributed by atoms with E-state index in [1.54, 1.807) is 6.07 Å². The second-order valence-corrected chi connectivity index (χ2v) is 6.91. The molecule has 0 radical (unpaired) electrons. The minimum atomic E-state index is -3.49. The molecule has 0 spiro atoms. The Labute approximate surface area is 120 Å². The van der Waals surface area contributed by atoms with Crippen LogP contribution in [-0.4, -0.2) is 45.1 Å². The molecule has 0 aromatic carbocycles. The van der Waals surface area contributed by atoms with E-state index in [0.717, 1.165) is 36.5 Å². The van der Waals surface area contributed by atoms with Crippen LogP contribution in [0.1, 0.15) is 31.4 Å². The Balaban J connectivity index is 2.31. The topological polar surface area (TPSA) is 82.8 Å². The zero-order chi connectivity index (χ0) is 15.0. The first-order valence-corrected chi connectivity index (χ1v) is 8.25. The first kappa shape index (κ1) is 17.2. The fraction of sp³-hybridized carbons (Fsp3) is 0.692. The predicted molar refractivity (Wildman–Crippen MR) is 76.8 cm³/mol. The number of aliphatic hydroxyl groups excluding tert-OH is 1. The van der Waals surface area contributed by atoms with E-state index in [4.69, 9.17) is 9.52 Å². The molecule has 20 heavy (non-hydrogen) atoms. The molecule has 0 aliphatic carbocycles. The van der Waals surface area contributed by atoms with E-state index in [2.05, 4.69) is 5.32 Å². The van der Waals surface area contributed by atoms with E-state index in [1.165, 1.54) is 20.2 Å². The largest absolute Gasteiger partial charge is 0.447 e. The van der Waals surface area contributed by atoms with Crippen molar-refractivity contribution < 1.29 is 17.9 Å². The second-order valence-electron chi connectivity index (χ2n) is 4.82. The fourth-order valence-corrected chi connectivity index (χ4v) is 2.51. The summed E-state index contributed by atoms with van der Waals surface area (Å²) >= 11 is 0. The first-order valence-electron chi connectivity index (χ1n) is 6.81. The van der Waals surface area contributed by atoms with E-state index in [-0.39, 0.29) is 11.7 Å². The maximum absolute atomic E-state index is 11.8. The molecule has 1 rings (SSSR count). The van der Waals surface area contributed by atoms with Gasteiger partial charge in [-0.1, -0.05) is 12.8 Å². The van der Waals surface area contributed by atoms with Gasteiger partial charge < -0.3 is 14.8 Å². The summed E-state index contributed by atoms with van der Waals surface area (Å²) in [6.45, 7) is 1.62. The highest BCUT2D eigenvalue weighted by atomic mass is 32.2. The molecule has 2 N–H and O–H groups in total. The van der Waals surface area contributed by atoms with Gasteiger partial charge in [0, 0.05) is 20.7 Å². The first-order chi connectivity index (χ1) is 9.48. The molecule has 0 atom stereocenters. The number of furan rings is 1. The lowest BCUT2D eigenvalue weighted by atomic mass is 10.2. The maximum Gasteiger partial charge on any atom is 0.275 e. The van der Waals surface area contributed by atoms with Crippen LogP contribution >= 0.6 is 0 Å². The lowest BCUT2D eigenvalue weighted by Gasteiger charge is -2.07. The van der Waals surface area contributed by atoms with Crippen molar-refractivity contribution in [1.82, 2.24) is 9.62 Å². The van der Waals surface area contributed by atoms with Gasteiger partial charge in [-0.15, -0.1) is 0 Å². The highest BCUT2D eigenvalue weighted by molar-refractivity contribution is 7.88. The van der Waals surface area contributed by atoms with Crippen LogP contribution in [0.4, 0.5) is 0 Å². The Morgan fingerprint density at radius 1 is 1.20 bits per heavy atom. The molecule has 1 aromatic rings. The Morgan fingerprint density at radius 2 is 1.90 bits per heavy atom. The van der Waals surface area contributed by atoms with Crippen molar-refractivity contribution in [2.45, 2.75) is 37.3 Å². The van der Waals surface area contributed by atoms with Gasteiger partial charge in [0.05, 0.1) is 6.54 Å². The van der Waals surface area contributed by atoms with Gasteiger partial charge in [0.25, 0.3) is 10.0 Å². The lowest BCUT2D eigenvalue weighted by molar-refractivity contribution is 0.282. The molecule has 0 bridgehead atoms. The standard InChI is InChI=1S/C13H24N2O4S/c1-15(2)20(17,18)13-8-7-12(19-13)11-14-9-5-3-4-6-10-16/h7-8,14,16H,3-6,9-11H2,1-2H3. The molecule has 0 aliphatic rings. The van der Waals surface area contributed by atoms with Gasteiger partial charge in [-0.05, 0) is 31.5 Å². The number of nitrogens with zero attached hydrogens (tertiary/aromatic N) is 1. The molecule has 0 amide bonds. The summed E-state index contributed by atoms with van der Waals surface area (Å²) in [5, 5.41) is 11.8. The molecule has 0 saturated heterocycles. The van der Waals surface area contributed by atoms with Gasteiger partial charge in [-0.3, -0.25) is 0 Å². The molecule has 0 saturated carbocycles. The van der Waals surface area contributed by atoms with Crippen molar-refractivity contribution in [3.05, 3.63) is 17.9 Å². The molecular weight excluding hydrogens is 280 g/mol. The highest BCUT2D eigenvalue weighted by Crippen LogP contribution is 2.16. The van der Waals surface area contributed by atoms with Crippen molar-refractivity contribution in [3.8, 4) is 0 Å². The van der Waals surface area contributed by atoms with Gasteiger partial charge >= 0.3 is 0 Å². The SMILES string of the molecule is CN(C)S(=O)(=O)c1ccc(CNCCCCCCO)o1. The van der Waals surface area contributed by atoms with E-state index in [9.17, 15) is 8.42 Å². The second kappa shape index (κ2) is 8.41. The Hall–Kier alpha value is -0.890. The van der Waals surface area contributed by atoms with Gasteiger partial charge in [-0.25, -0.2) is 12.7 Å². The van der Waals surface area contributed by atoms with Crippen LogP contribution < -0.4 is 5.32 Å². The van der Waals surface area contributed by atoms with Crippen molar-refractivity contribution in [3.63, 3.8) is 0 Å². The summed E-state index contributed by atoms with van der Waals surface area (Å²) in [5.74, 6) is 0.612. The number of sulfonamides is 1. The average Bonchev–Trinajstić information content (AvgIpc) is 2.87. The Morgan fingerprint density at radius 3 is 2.55 bits per heavy atom. The van der Waals surface area contributed by atoms with Crippen LogP contribution in [0.3, 0.4) is 0 Å². The Kier molecular flexibility index (Phi) is 7.22. The summed E-state index contributed by atoms with van der Waals surface area (Å²) in [5.41, 5.74) is 0. The van der Waals surface area contributed by atoms with Gasteiger partial charge in [0.1, 0.15) is 5.76 Å². The van der Waals surface area contributed by atoms with Crippen molar-refractivity contribution in [2.75, 3.05) is 27.2 Å². The highest BCUT2D eigenvalue weighted by Gasteiger charge is 2.21. The number of rotatable bonds is 10. The molecule has 0 aliphatic heterocycles. The van der Waals surface area contributed by atoms with Gasteiger partial charge in [0.15, 0.2) is 0 Å². The summed E-state index contributed by atoms with van der Waals surface area (Å²) in [7, 11) is -0.538. The van der Waals surface area contributed by atoms with Crippen molar-refractivity contribution in [1.29, 1.82) is 0 Å². The molecule has 0 fully saturated rings. The van der Waals surface area contributed by atoms with E-state index < -0.39 is 10.0 Å². The zero-order valence-corrected chi connectivity index (χ0v) is 12.9. The monoisotopic (exact) mass is 304 g/mol. The number of hydrogen-bond acceptors (Lipinski definition) is 5. The molecular formula is C13H24N2O4S. The summed E-state index contributed by atoms with van der Waals surface area (Å²) in [6, 6.07) is 3.16. The average molecular weight is 304 g/mol. The van der Waals surface area contributed by atoms with Crippen LogP contribution in [0.15, 0.2) is 21.6 Å². The van der Waals surface area contributed by atoms with Crippen LogP contribution in [0.25, 0.3) is 0 Å². The number of aliphatic hydroxyl groups is 1. The van der Waals surface area contributed by atoms with Gasteiger partial charge in [0.2, 0.25) is 5.09 Å². The van der Waals surface area contributed by atoms with Crippen LogP contribution in [0.5, 0.6) is 0 Å². The minimum absolute atomic E-state index is 0.0257. The lowest BCUT2D eigenvalue weighted by Crippen LogP contribution is -2.21. The van der Waals surface area contributed by atoms with Gasteiger partial charge in [-0.2, -0.15) is 0 Å². The zero-order valence-electron chi connectivity index (χ0n) is 12.1.